The maximum absolute atomic E-state index is 10.5. The lowest BCUT2D eigenvalue weighted by molar-refractivity contribution is -0.142. The third kappa shape index (κ3) is 1.44. The van der Waals surface area contributed by atoms with E-state index in [2.05, 4.69) is 0 Å². The van der Waals surface area contributed by atoms with Gasteiger partial charge in [0.25, 0.3) is 0 Å². The molecule has 3 N–H and O–H groups in total. The quantitative estimate of drug-likeness (QED) is 0.599. The second kappa shape index (κ2) is 3.25. The number of hydrogen-bond acceptors (Lipinski definition) is 3. The molecule has 0 amide bonds. The molecule has 0 radical (unpaired) electrons. The first-order valence-electron chi connectivity index (χ1n) is 3.26. The molecule has 0 saturated carbocycles. The Morgan fingerprint density at radius 1 is 1.70 bits per heavy atom. The van der Waals surface area contributed by atoms with Gasteiger partial charge >= 0.3 is 5.97 Å². The molecule has 2 atom stereocenters. The van der Waals surface area contributed by atoms with Crippen LogP contribution in [0.5, 0.6) is 0 Å². The Morgan fingerprint density at radius 2 is 2.40 bits per heavy atom. The fourth-order valence-corrected chi connectivity index (χ4v) is 2.58. The van der Waals surface area contributed by atoms with Crippen molar-refractivity contribution < 1.29 is 9.90 Å². The van der Waals surface area contributed by atoms with Crippen molar-refractivity contribution >= 4 is 17.7 Å². The van der Waals surface area contributed by atoms with Crippen LogP contribution in [0.2, 0.25) is 0 Å². The predicted octanol–water partition coefficient (Wildman–Crippen LogP) is 0.00890. The maximum atomic E-state index is 10.5. The Kier molecular flexibility index (Phi) is 2.56. The van der Waals surface area contributed by atoms with Crippen LogP contribution in [0.15, 0.2) is 0 Å². The zero-order valence-electron chi connectivity index (χ0n) is 5.62. The Bertz CT molecular complexity index is 140. The molecule has 1 saturated heterocycles. The van der Waals surface area contributed by atoms with Crippen molar-refractivity contribution in [3.8, 4) is 0 Å². The summed E-state index contributed by atoms with van der Waals surface area (Å²) in [5.41, 5.74) is 5.39. The SMILES string of the molecule is NC[C@H]1CSC[C@H]1C(=O)O. The Hall–Kier alpha value is -0.220. The number of rotatable bonds is 2. The fourth-order valence-electron chi connectivity index (χ4n) is 1.10. The van der Waals surface area contributed by atoms with Gasteiger partial charge in [-0.3, -0.25) is 4.79 Å². The highest BCUT2D eigenvalue weighted by atomic mass is 32.2. The van der Waals surface area contributed by atoms with E-state index in [1.807, 2.05) is 0 Å². The molecule has 58 valence electrons. The smallest absolute Gasteiger partial charge is 0.307 e. The van der Waals surface area contributed by atoms with Crippen LogP contribution in [0.25, 0.3) is 0 Å². The summed E-state index contributed by atoms with van der Waals surface area (Å²) in [6.07, 6.45) is 0. The minimum Gasteiger partial charge on any atom is -0.481 e. The lowest BCUT2D eigenvalue weighted by atomic mass is 9.97. The van der Waals surface area contributed by atoms with Crippen molar-refractivity contribution in [2.24, 2.45) is 17.6 Å². The number of carbonyl (C=O) groups is 1. The van der Waals surface area contributed by atoms with Crippen LogP contribution in [-0.2, 0) is 4.79 Å². The molecular formula is C6H11NO2S. The van der Waals surface area contributed by atoms with Crippen molar-refractivity contribution in [3.63, 3.8) is 0 Å². The Labute approximate surface area is 64.0 Å². The highest BCUT2D eigenvalue weighted by molar-refractivity contribution is 7.99. The molecule has 0 aromatic rings. The molecule has 3 nitrogen and oxygen atoms in total. The summed E-state index contributed by atoms with van der Waals surface area (Å²) < 4.78 is 0. The molecule has 0 bridgehead atoms. The second-order valence-corrected chi connectivity index (χ2v) is 3.55. The normalized spacial score (nSPS) is 32.5. The van der Waals surface area contributed by atoms with Crippen molar-refractivity contribution in [3.05, 3.63) is 0 Å². The first-order chi connectivity index (χ1) is 4.75. The van der Waals surface area contributed by atoms with Gasteiger partial charge in [0.05, 0.1) is 5.92 Å². The lowest BCUT2D eigenvalue weighted by Gasteiger charge is -2.10. The minimum absolute atomic E-state index is 0.197. The van der Waals surface area contributed by atoms with Crippen molar-refractivity contribution in [2.45, 2.75) is 0 Å². The molecule has 10 heavy (non-hydrogen) atoms. The average Bonchev–Trinajstić information content (AvgIpc) is 2.33. The van der Waals surface area contributed by atoms with Gasteiger partial charge in [0, 0.05) is 5.75 Å². The first-order valence-corrected chi connectivity index (χ1v) is 4.41. The number of aliphatic carboxylic acids is 1. The lowest BCUT2D eigenvalue weighted by Crippen LogP contribution is -2.27. The molecular weight excluding hydrogens is 150 g/mol. The van der Waals surface area contributed by atoms with Gasteiger partial charge in [0.1, 0.15) is 0 Å². The van der Waals surface area contributed by atoms with E-state index in [0.29, 0.717) is 6.54 Å². The third-order valence-electron chi connectivity index (χ3n) is 1.82. The number of hydrogen-bond donors (Lipinski definition) is 2. The van der Waals surface area contributed by atoms with E-state index in [1.54, 1.807) is 11.8 Å². The first kappa shape index (κ1) is 7.88. The largest absolute Gasteiger partial charge is 0.481 e. The van der Waals surface area contributed by atoms with E-state index in [4.69, 9.17) is 10.8 Å². The molecule has 1 heterocycles. The topological polar surface area (TPSA) is 63.3 Å². The molecule has 1 rings (SSSR count). The van der Waals surface area contributed by atoms with Gasteiger partial charge in [-0.05, 0) is 18.2 Å². The number of carboxylic acids is 1. The zero-order valence-corrected chi connectivity index (χ0v) is 6.43. The molecule has 0 aromatic carbocycles. The van der Waals surface area contributed by atoms with Gasteiger partial charge in [-0.15, -0.1) is 0 Å². The average molecular weight is 161 g/mol. The van der Waals surface area contributed by atoms with Gasteiger partial charge in [-0.2, -0.15) is 11.8 Å². The van der Waals surface area contributed by atoms with Crippen LogP contribution in [0, 0.1) is 11.8 Å². The number of nitrogens with two attached hydrogens (primary N) is 1. The molecule has 0 aliphatic carbocycles. The summed E-state index contributed by atoms with van der Waals surface area (Å²) in [6.45, 7) is 0.504. The van der Waals surface area contributed by atoms with E-state index in [1.165, 1.54) is 0 Å². The molecule has 0 unspecified atom stereocenters. The van der Waals surface area contributed by atoms with Crippen LogP contribution >= 0.6 is 11.8 Å². The van der Waals surface area contributed by atoms with Crippen LogP contribution in [0.4, 0.5) is 0 Å². The second-order valence-electron chi connectivity index (χ2n) is 2.48. The standard InChI is InChI=1S/C6H11NO2S/c7-1-4-2-10-3-5(4)6(8)9/h4-5H,1-3,7H2,(H,8,9)/t4-,5+/m0/s1. The fraction of sp³-hybridized carbons (Fsp3) is 0.833. The maximum Gasteiger partial charge on any atom is 0.307 e. The minimum atomic E-state index is -0.694. The molecule has 1 aliphatic heterocycles. The zero-order chi connectivity index (χ0) is 7.56. The Balaban J connectivity index is 2.50. The highest BCUT2D eigenvalue weighted by Crippen LogP contribution is 2.28. The summed E-state index contributed by atoms with van der Waals surface area (Å²) in [5.74, 6) is 0.947. The van der Waals surface area contributed by atoms with E-state index in [0.717, 1.165) is 11.5 Å². The van der Waals surface area contributed by atoms with Crippen LogP contribution in [-0.4, -0.2) is 29.1 Å². The van der Waals surface area contributed by atoms with Gasteiger partial charge in [-0.1, -0.05) is 0 Å². The predicted molar refractivity (Wildman–Crippen MR) is 41.0 cm³/mol. The van der Waals surface area contributed by atoms with Crippen LogP contribution < -0.4 is 5.73 Å². The van der Waals surface area contributed by atoms with E-state index in [9.17, 15) is 4.79 Å². The monoisotopic (exact) mass is 161 g/mol. The molecule has 1 fully saturated rings. The van der Waals surface area contributed by atoms with Gasteiger partial charge in [0.2, 0.25) is 0 Å². The molecule has 4 heteroatoms. The summed E-state index contributed by atoms with van der Waals surface area (Å²) in [4.78, 5) is 10.5. The summed E-state index contributed by atoms with van der Waals surface area (Å²) in [5, 5.41) is 8.65. The number of thioether (sulfide) groups is 1. The van der Waals surface area contributed by atoms with E-state index in [-0.39, 0.29) is 11.8 Å². The third-order valence-corrected chi connectivity index (χ3v) is 3.08. The van der Waals surface area contributed by atoms with Crippen molar-refractivity contribution in [2.75, 3.05) is 18.1 Å². The van der Waals surface area contributed by atoms with Gasteiger partial charge in [-0.25, -0.2) is 0 Å². The molecule has 0 aromatic heterocycles. The highest BCUT2D eigenvalue weighted by Gasteiger charge is 2.31. The van der Waals surface area contributed by atoms with Crippen LogP contribution in [0.3, 0.4) is 0 Å². The van der Waals surface area contributed by atoms with Gasteiger partial charge < -0.3 is 10.8 Å². The van der Waals surface area contributed by atoms with E-state index >= 15 is 0 Å². The summed E-state index contributed by atoms with van der Waals surface area (Å²) in [6, 6.07) is 0. The van der Waals surface area contributed by atoms with Crippen molar-refractivity contribution in [1.29, 1.82) is 0 Å². The molecule has 1 aliphatic rings. The summed E-state index contributed by atoms with van der Waals surface area (Å²) >= 11 is 1.68. The molecule has 0 spiro atoms. The van der Waals surface area contributed by atoms with Crippen molar-refractivity contribution in [1.82, 2.24) is 0 Å². The number of carboxylic acid groups (broad SMARTS) is 1. The van der Waals surface area contributed by atoms with Gasteiger partial charge in [0.15, 0.2) is 0 Å². The summed E-state index contributed by atoms with van der Waals surface area (Å²) in [7, 11) is 0. The Morgan fingerprint density at radius 3 is 2.80 bits per heavy atom. The van der Waals surface area contributed by atoms with Crippen LogP contribution in [0.1, 0.15) is 0 Å². The van der Waals surface area contributed by atoms with E-state index < -0.39 is 5.97 Å².